The van der Waals surface area contributed by atoms with Gasteiger partial charge in [0.15, 0.2) is 0 Å². The molecule has 2 atom stereocenters. The van der Waals surface area contributed by atoms with Gasteiger partial charge < -0.3 is 15.3 Å². The van der Waals surface area contributed by atoms with Crippen LogP contribution in [-0.2, 0) is 5.54 Å². The van der Waals surface area contributed by atoms with Crippen LogP contribution in [0.2, 0.25) is 0 Å². The van der Waals surface area contributed by atoms with Gasteiger partial charge in [0, 0.05) is 37.5 Å². The Kier molecular flexibility index (Phi) is 5.69. The predicted octanol–water partition coefficient (Wildman–Crippen LogP) is 3.12. The fraction of sp³-hybridized carbons (Fsp3) is 0.650. The SMILES string of the molecule is Cc1nn(C(C)(C)C)cc1C(C)Nc1cc(N2CCCC(CO)C2)ncn1. The number of nitrogens with one attached hydrogen (secondary N) is 1. The van der Waals surface area contributed by atoms with Crippen molar-refractivity contribution in [2.45, 2.75) is 59.0 Å². The van der Waals surface area contributed by atoms with Crippen LogP contribution in [0, 0.1) is 12.8 Å². The molecule has 0 aromatic carbocycles. The number of aromatic nitrogens is 4. The first-order chi connectivity index (χ1) is 12.8. The molecule has 148 valence electrons. The second-order valence-electron chi connectivity index (χ2n) is 8.55. The number of anilines is 2. The van der Waals surface area contributed by atoms with Crippen LogP contribution < -0.4 is 10.2 Å². The summed E-state index contributed by atoms with van der Waals surface area (Å²) in [5, 5.41) is 17.6. The second-order valence-corrected chi connectivity index (χ2v) is 8.55. The molecule has 0 bridgehead atoms. The van der Waals surface area contributed by atoms with Crippen molar-refractivity contribution in [2.75, 3.05) is 29.9 Å². The van der Waals surface area contributed by atoms with Crippen LogP contribution in [0.1, 0.15) is 57.8 Å². The van der Waals surface area contributed by atoms with Gasteiger partial charge >= 0.3 is 0 Å². The number of piperidine rings is 1. The highest BCUT2D eigenvalue weighted by molar-refractivity contribution is 5.50. The molecule has 1 saturated heterocycles. The van der Waals surface area contributed by atoms with Crippen LogP contribution in [0.4, 0.5) is 11.6 Å². The van der Waals surface area contributed by atoms with Crippen LogP contribution in [-0.4, -0.2) is 44.6 Å². The molecule has 0 saturated carbocycles. The van der Waals surface area contributed by atoms with Gasteiger partial charge in [0.05, 0.1) is 17.3 Å². The largest absolute Gasteiger partial charge is 0.396 e. The van der Waals surface area contributed by atoms with Crippen molar-refractivity contribution in [2.24, 2.45) is 5.92 Å². The maximum atomic E-state index is 9.46. The zero-order valence-electron chi connectivity index (χ0n) is 17.1. The lowest BCUT2D eigenvalue weighted by Gasteiger charge is -2.32. The topological polar surface area (TPSA) is 79.1 Å². The molecule has 7 nitrogen and oxygen atoms in total. The Morgan fingerprint density at radius 2 is 2.11 bits per heavy atom. The summed E-state index contributed by atoms with van der Waals surface area (Å²) in [5.74, 6) is 2.05. The fourth-order valence-corrected chi connectivity index (χ4v) is 3.56. The van der Waals surface area contributed by atoms with E-state index in [9.17, 15) is 5.11 Å². The smallest absolute Gasteiger partial charge is 0.134 e. The van der Waals surface area contributed by atoms with Crippen molar-refractivity contribution in [1.82, 2.24) is 19.7 Å². The maximum Gasteiger partial charge on any atom is 0.134 e. The van der Waals surface area contributed by atoms with Crippen LogP contribution in [0.15, 0.2) is 18.6 Å². The molecule has 7 heteroatoms. The molecule has 0 spiro atoms. The van der Waals surface area contributed by atoms with Gasteiger partial charge in [0.25, 0.3) is 0 Å². The lowest BCUT2D eigenvalue weighted by Crippen LogP contribution is -2.37. The van der Waals surface area contributed by atoms with E-state index in [4.69, 9.17) is 0 Å². The molecule has 0 aliphatic carbocycles. The minimum Gasteiger partial charge on any atom is -0.396 e. The Balaban J connectivity index is 1.73. The van der Waals surface area contributed by atoms with Crippen molar-refractivity contribution in [3.05, 3.63) is 29.8 Å². The summed E-state index contributed by atoms with van der Waals surface area (Å²) in [6, 6.07) is 2.09. The summed E-state index contributed by atoms with van der Waals surface area (Å²) in [4.78, 5) is 11.1. The highest BCUT2D eigenvalue weighted by atomic mass is 16.3. The molecule has 2 aromatic rings. The van der Waals surface area contributed by atoms with E-state index in [1.54, 1.807) is 6.33 Å². The average molecular weight is 373 g/mol. The normalized spacial score (nSPS) is 19.2. The quantitative estimate of drug-likeness (QED) is 0.839. The monoisotopic (exact) mass is 372 g/mol. The van der Waals surface area contributed by atoms with Crippen molar-refractivity contribution < 1.29 is 5.11 Å². The number of rotatable bonds is 5. The van der Waals surface area contributed by atoms with Gasteiger partial charge in [-0.3, -0.25) is 4.68 Å². The Bertz CT molecular complexity index is 766. The van der Waals surface area contributed by atoms with E-state index in [-0.39, 0.29) is 18.2 Å². The van der Waals surface area contributed by atoms with Gasteiger partial charge in [-0.1, -0.05) is 0 Å². The highest BCUT2D eigenvalue weighted by Gasteiger charge is 2.22. The van der Waals surface area contributed by atoms with Gasteiger partial charge in [0.2, 0.25) is 0 Å². The third-order valence-electron chi connectivity index (χ3n) is 5.21. The summed E-state index contributed by atoms with van der Waals surface area (Å²) in [7, 11) is 0. The van der Waals surface area contributed by atoms with Gasteiger partial charge in [-0.25, -0.2) is 9.97 Å². The lowest BCUT2D eigenvalue weighted by molar-refractivity contribution is 0.208. The molecule has 27 heavy (non-hydrogen) atoms. The van der Waals surface area contributed by atoms with E-state index in [1.807, 2.05) is 17.7 Å². The molecule has 2 aromatic heterocycles. The third kappa shape index (κ3) is 4.58. The van der Waals surface area contributed by atoms with Crippen molar-refractivity contribution >= 4 is 11.6 Å². The van der Waals surface area contributed by atoms with E-state index in [2.05, 4.69) is 59.2 Å². The molecule has 0 radical (unpaired) electrons. The zero-order chi connectivity index (χ0) is 19.6. The molecule has 1 aliphatic heterocycles. The van der Waals surface area contributed by atoms with Crippen LogP contribution >= 0.6 is 0 Å². The number of aliphatic hydroxyl groups excluding tert-OH is 1. The number of hydrogen-bond donors (Lipinski definition) is 2. The molecule has 3 heterocycles. The predicted molar refractivity (Wildman–Crippen MR) is 108 cm³/mol. The Hall–Kier alpha value is -2.15. The molecule has 0 amide bonds. The Morgan fingerprint density at radius 1 is 1.33 bits per heavy atom. The van der Waals surface area contributed by atoms with Crippen LogP contribution in [0.5, 0.6) is 0 Å². The highest BCUT2D eigenvalue weighted by Crippen LogP contribution is 2.26. The molecule has 2 N–H and O–H groups in total. The summed E-state index contributed by atoms with van der Waals surface area (Å²) < 4.78 is 2.02. The second kappa shape index (κ2) is 7.84. The summed E-state index contributed by atoms with van der Waals surface area (Å²) in [5.41, 5.74) is 2.16. The Morgan fingerprint density at radius 3 is 2.78 bits per heavy atom. The molecular formula is C20H32N6O. The van der Waals surface area contributed by atoms with Gasteiger partial charge in [-0.05, 0) is 53.4 Å². The van der Waals surface area contributed by atoms with Crippen molar-refractivity contribution in [3.63, 3.8) is 0 Å². The first-order valence-electron chi connectivity index (χ1n) is 9.79. The first-order valence-corrected chi connectivity index (χ1v) is 9.79. The van der Waals surface area contributed by atoms with E-state index < -0.39 is 0 Å². The zero-order valence-corrected chi connectivity index (χ0v) is 17.1. The molecule has 3 rings (SSSR count). The first kappa shape index (κ1) is 19.6. The van der Waals surface area contributed by atoms with E-state index in [0.29, 0.717) is 5.92 Å². The maximum absolute atomic E-state index is 9.46. The minimum atomic E-state index is -0.0394. The molecule has 1 fully saturated rings. The third-order valence-corrected chi connectivity index (χ3v) is 5.21. The molecule has 1 aliphatic rings. The standard InChI is InChI=1S/C20H32N6O/c1-14(17-11-26(20(3,4)5)24-15(17)2)23-18-9-19(22-13-21-18)25-8-6-7-16(10-25)12-27/h9,11,13-14,16,27H,6-8,10,12H2,1-5H3,(H,21,22,23). The van der Waals surface area contributed by atoms with Crippen LogP contribution in [0.3, 0.4) is 0 Å². The van der Waals surface area contributed by atoms with E-state index in [0.717, 1.165) is 43.3 Å². The van der Waals surface area contributed by atoms with Crippen LogP contribution in [0.25, 0.3) is 0 Å². The van der Waals surface area contributed by atoms with E-state index >= 15 is 0 Å². The summed E-state index contributed by atoms with van der Waals surface area (Å²) >= 11 is 0. The molecule has 2 unspecified atom stereocenters. The fourth-order valence-electron chi connectivity index (χ4n) is 3.56. The summed E-state index contributed by atoms with van der Waals surface area (Å²) in [6.45, 7) is 12.7. The Labute approximate surface area is 161 Å². The van der Waals surface area contributed by atoms with Gasteiger partial charge in [-0.15, -0.1) is 0 Å². The average Bonchev–Trinajstić information content (AvgIpc) is 3.04. The number of hydrogen-bond acceptors (Lipinski definition) is 6. The van der Waals surface area contributed by atoms with Gasteiger partial charge in [0.1, 0.15) is 18.0 Å². The number of aliphatic hydroxyl groups is 1. The van der Waals surface area contributed by atoms with Crippen molar-refractivity contribution in [3.8, 4) is 0 Å². The minimum absolute atomic E-state index is 0.0394. The van der Waals surface area contributed by atoms with Crippen molar-refractivity contribution in [1.29, 1.82) is 0 Å². The lowest BCUT2D eigenvalue weighted by atomic mass is 9.99. The summed E-state index contributed by atoms with van der Waals surface area (Å²) in [6.07, 6.45) is 5.89. The van der Waals surface area contributed by atoms with Gasteiger partial charge in [-0.2, -0.15) is 5.10 Å². The molecular weight excluding hydrogens is 340 g/mol. The number of nitrogens with zero attached hydrogens (tertiary/aromatic N) is 5. The van der Waals surface area contributed by atoms with E-state index in [1.165, 1.54) is 5.56 Å². The number of aryl methyl sites for hydroxylation is 1.